The first kappa shape index (κ1) is 24.4. The van der Waals surface area contributed by atoms with Crippen LogP contribution in [-0.2, 0) is 5.66 Å². The molecular weight excluding hydrogens is 613 g/mol. The zero-order chi connectivity index (χ0) is 32.0. The van der Waals surface area contributed by atoms with E-state index in [0.29, 0.717) is 0 Å². The molecule has 228 valence electrons. The quantitative estimate of drug-likeness (QED) is 0.120. The third-order valence-electron chi connectivity index (χ3n) is 12.0. The molecule has 1 spiro atoms. The lowest BCUT2D eigenvalue weighted by Crippen LogP contribution is -2.76. The van der Waals surface area contributed by atoms with Crippen molar-refractivity contribution in [2.45, 2.75) is 5.66 Å². The number of benzene rings is 7. The van der Waals surface area contributed by atoms with Gasteiger partial charge < -0.3 is 4.74 Å². The number of nitrogens with zero attached hydrogens (tertiary/aromatic N) is 4. The Morgan fingerprint density at radius 1 is 0.460 bits per heavy atom. The van der Waals surface area contributed by atoms with Gasteiger partial charge in [0.05, 0.1) is 11.6 Å². The third kappa shape index (κ3) is 2.31. The molecule has 1 atom stereocenters. The van der Waals surface area contributed by atoms with Crippen molar-refractivity contribution >= 4 is 81.4 Å². The van der Waals surface area contributed by atoms with E-state index in [9.17, 15) is 0 Å². The fraction of sp³-hybridized carbons (Fsp3) is 0.0222. The number of para-hydroxylation sites is 2. The molecule has 0 amide bonds. The molecule has 0 fully saturated rings. The summed E-state index contributed by atoms with van der Waals surface area (Å²) in [5.74, 6) is 2.94. The van der Waals surface area contributed by atoms with E-state index in [1.807, 2.05) is 0 Å². The van der Waals surface area contributed by atoms with Gasteiger partial charge in [-0.05, 0) is 74.8 Å². The monoisotopic (exact) mass is 636 g/mol. The SMILES string of the molecule is c1cc[n+]2c(c1)-n1c3ccccc3c3ccc4c(c31)C21c2c(ccc3c5c6ccccc6c6ccccc6c5c5c6ccccc6[n+]1n5c23)O4. The molecule has 7 aromatic carbocycles. The van der Waals surface area contributed by atoms with Crippen molar-refractivity contribution in [2.75, 3.05) is 0 Å². The number of hydrogen-bond acceptors (Lipinski definition) is 1. The largest absolute Gasteiger partial charge is 0.456 e. The molecule has 4 aromatic heterocycles. The van der Waals surface area contributed by atoms with Crippen molar-refractivity contribution in [3.05, 3.63) is 157 Å². The van der Waals surface area contributed by atoms with Crippen LogP contribution in [0.1, 0.15) is 11.1 Å². The van der Waals surface area contributed by atoms with Crippen LogP contribution >= 0.6 is 0 Å². The van der Waals surface area contributed by atoms with Gasteiger partial charge in [0, 0.05) is 39.1 Å². The van der Waals surface area contributed by atoms with E-state index in [0.717, 1.165) is 17.3 Å². The van der Waals surface area contributed by atoms with Crippen LogP contribution in [0.4, 0.5) is 0 Å². The maximum Gasteiger partial charge on any atom is 0.398 e. The summed E-state index contributed by atoms with van der Waals surface area (Å²) in [5, 5.41) is 12.7. The fourth-order valence-electron chi connectivity index (χ4n) is 10.4. The first-order valence-corrected chi connectivity index (χ1v) is 17.3. The Bertz CT molecular complexity index is 3480. The molecule has 5 heteroatoms. The van der Waals surface area contributed by atoms with Crippen LogP contribution in [0, 0.1) is 0 Å². The lowest BCUT2D eigenvalue weighted by atomic mass is 9.82. The van der Waals surface area contributed by atoms with Crippen molar-refractivity contribution in [3.8, 4) is 17.3 Å². The Morgan fingerprint density at radius 2 is 1.08 bits per heavy atom. The molecule has 14 rings (SSSR count). The van der Waals surface area contributed by atoms with Crippen LogP contribution in [-0.4, -0.2) is 9.08 Å². The third-order valence-corrected chi connectivity index (χ3v) is 12.0. The molecule has 0 radical (unpaired) electrons. The normalized spacial score (nSPS) is 16.6. The van der Waals surface area contributed by atoms with E-state index in [1.165, 1.54) is 92.6 Å². The second-order valence-corrected chi connectivity index (χ2v) is 14.1. The molecule has 5 nitrogen and oxygen atoms in total. The van der Waals surface area contributed by atoms with E-state index in [-0.39, 0.29) is 0 Å². The molecule has 0 bridgehead atoms. The number of rotatable bonds is 0. The van der Waals surface area contributed by atoms with Crippen LogP contribution in [0.25, 0.3) is 87.3 Å². The molecule has 3 aliphatic heterocycles. The van der Waals surface area contributed by atoms with Gasteiger partial charge in [-0.25, -0.2) is 0 Å². The minimum absolute atomic E-state index is 0.750. The number of pyridine rings is 2. The summed E-state index contributed by atoms with van der Waals surface area (Å²) in [6.45, 7) is 0. The lowest BCUT2D eigenvalue weighted by molar-refractivity contribution is -0.980. The Hall–Kier alpha value is -6.72. The molecule has 50 heavy (non-hydrogen) atoms. The summed E-state index contributed by atoms with van der Waals surface area (Å²) in [6.07, 6.45) is 2.28. The van der Waals surface area contributed by atoms with Gasteiger partial charge in [-0.2, -0.15) is 9.13 Å². The zero-order valence-electron chi connectivity index (χ0n) is 26.6. The number of hydrogen-bond donors (Lipinski definition) is 0. The van der Waals surface area contributed by atoms with Gasteiger partial charge >= 0.3 is 5.66 Å². The van der Waals surface area contributed by atoms with Gasteiger partial charge in [-0.1, -0.05) is 78.9 Å². The summed E-state index contributed by atoms with van der Waals surface area (Å²) < 4.78 is 17.2. The van der Waals surface area contributed by atoms with Crippen LogP contribution in [0.15, 0.2) is 146 Å². The molecule has 0 saturated heterocycles. The van der Waals surface area contributed by atoms with Crippen LogP contribution in [0.5, 0.6) is 11.5 Å². The summed E-state index contributed by atoms with van der Waals surface area (Å²) in [4.78, 5) is 0. The highest BCUT2D eigenvalue weighted by atomic mass is 16.5. The second-order valence-electron chi connectivity index (χ2n) is 14.1. The van der Waals surface area contributed by atoms with Crippen LogP contribution in [0.3, 0.4) is 0 Å². The van der Waals surface area contributed by atoms with E-state index in [4.69, 9.17) is 4.74 Å². The fourth-order valence-corrected chi connectivity index (χ4v) is 10.4. The topological polar surface area (TPSA) is 26.3 Å². The first-order chi connectivity index (χ1) is 24.9. The number of ether oxygens (including phenoxy) is 1. The highest BCUT2D eigenvalue weighted by Crippen LogP contribution is 2.57. The maximum absolute atomic E-state index is 7.07. The average molecular weight is 637 g/mol. The van der Waals surface area contributed by atoms with Gasteiger partial charge in [0.25, 0.3) is 5.82 Å². The molecule has 0 saturated carbocycles. The van der Waals surface area contributed by atoms with E-state index >= 15 is 0 Å². The molecule has 7 heterocycles. The van der Waals surface area contributed by atoms with E-state index in [1.54, 1.807) is 0 Å². The Labute approximate surface area is 283 Å². The van der Waals surface area contributed by atoms with Gasteiger partial charge in [0.15, 0.2) is 16.6 Å². The van der Waals surface area contributed by atoms with Gasteiger partial charge in [0.2, 0.25) is 5.52 Å². The summed E-state index contributed by atoms with van der Waals surface area (Å²) >= 11 is 0. The second kappa shape index (κ2) is 7.77. The van der Waals surface area contributed by atoms with Crippen molar-refractivity contribution in [1.82, 2.24) is 9.08 Å². The highest BCUT2D eigenvalue weighted by molar-refractivity contribution is 6.36. The minimum atomic E-state index is -0.750. The average Bonchev–Trinajstić information content (AvgIpc) is 3.81. The first-order valence-electron chi connectivity index (χ1n) is 17.3. The van der Waals surface area contributed by atoms with Crippen molar-refractivity contribution in [1.29, 1.82) is 0 Å². The molecule has 1 unspecified atom stereocenters. The van der Waals surface area contributed by atoms with E-state index < -0.39 is 5.66 Å². The molecule has 0 N–H and O–H groups in total. The standard InChI is InChI=1S/C45H24N4O/c1-3-14-28-25(11-1)26-12-2-4-15-29(26)39-38(28)32-21-23-36-41-44(32)48-42(39)31-16-6-8-18-34(31)49(48)45(41)40-35(50-36)22-20-30-27-13-5-7-17-33(27)47(43(30)40)37-19-9-10-24-46(37)45/h1-24H/q+2. The van der Waals surface area contributed by atoms with E-state index in [2.05, 4.69) is 164 Å². The lowest BCUT2D eigenvalue weighted by Gasteiger charge is -2.33. The predicted octanol–water partition coefficient (Wildman–Crippen LogP) is 9.41. The summed E-state index contributed by atoms with van der Waals surface area (Å²) in [5.41, 5.74) is 7.66. The molecule has 11 aromatic rings. The van der Waals surface area contributed by atoms with Crippen LogP contribution in [0.2, 0.25) is 0 Å². The summed E-state index contributed by atoms with van der Waals surface area (Å²) in [6, 6.07) is 51.3. The zero-order valence-corrected chi connectivity index (χ0v) is 26.6. The Kier molecular flexibility index (Phi) is 3.80. The van der Waals surface area contributed by atoms with Gasteiger partial charge in [-0.3, -0.25) is 0 Å². The number of fused-ring (bicyclic) bond motifs is 16. The minimum Gasteiger partial charge on any atom is -0.456 e. The molecule has 0 aliphatic carbocycles. The van der Waals surface area contributed by atoms with Gasteiger partial charge in [-0.15, -0.1) is 4.52 Å². The molecule has 3 aliphatic rings. The molecular formula is C45H24N4O+2. The Balaban J connectivity index is 1.36. The number of aromatic nitrogens is 4. The van der Waals surface area contributed by atoms with Crippen molar-refractivity contribution < 1.29 is 14.0 Å². The maximum atomic E-state index is 7.07. The smallest absolute Gasteiger partial charge is 0.398 e. The highest BCUT2D eigenvalue weighted by Gasteiger charge is 2.68. The predicted molar refractivity (Wildman–Crippen MR) is 198 cm³/mol. The van der Waals surface area contributed by atoms with Crippen molar-refractivity contribution in [3.63, 3.8) is 0 Å². The van der Waals surface area contributed by atoms with Crippen molar-refractivity contribution in [2.24, 2.45) is 0 Å². The Morgan fingerprint density at radius 3 is 1.88 bits per heavy atom. The van der Waals surface area contributed by atoms with Crippen LogP contribution < -0.4 is 14.0 Å². The summed E-state index contributed by atoms with van der Waals surface area (Å²) in [7, 11) is 0. The van der Waals surface area contributed by atoms with Gasteiger partial charge in [0.1, 0.15) is 28.0 Å².